The van der Waals surface area contributed by atoms with Crippen molar-refractivity contribution in [2.75, 3.05) is 6.54 Å². The van der Waals surface area contributed by atoms with E-state index in [4.69, 9.17) is 4.74 Å². The number of amides is 1. The fourth-order valence-corrected chi connectivity index (χ4v) is 1.04. The van der Waals surface area contributed by atoms with Crippen molar-refractivity contribution >= 4 is 11.9 Å². The first-order valence-corrected chi connectivity index (χ1v) is 4.76. The van der Waals surface area contributed by atoms with E-state index in [0.29, 0.717) is 0 Å². The van der Waals surface area contributed by atoms with Crippen LogP contribution in [0.1, 0.15) is 20.8 Å². The van der Waals surface area contributed by atoms with Crippen LogP contribution in [-0.4, -0.2) is 28.9 Å². The van der Waals surface area contributed by atoms with E-state index in [-0.39, 0.29) is 12.3 Å². The van der Waals surface area contributed by atoms with Gasteiger partial charge in [-0.15, -0.1) is 0 Å². The van der Waals surface area contributed by atoms with Gasteiger partial charge in [-0.1, -0.05) is 6.08 Å². The second-order valence-corrected chi connectivity index (χ2v) is 4.28. The van der Waals surface area contributed by atoms with Crippen molar-refractivity contribution in [2.24, 2.45) is 0 Å². The number of nitrogens with zero attached hydrogens (tertiary/aromatic N) is 1. The highest BCUT2D eigenvalue weighted by Gasteiger charge is 2.22. The van der Waals surface area contributed by atoms with E-state index < -0.39 is 11.7 Å². The Morgan fingerprint density at radius 2 is 2.07 bits per heavy atom. The Labute approximate surface area is 89.2 Å². The van der Waals surface area contributed by atoms with Gasteiger partial charge in [0.2, 0.25) is 0 Å². The number of hydrogen-bond acceptors (Lipinski definition) is 3. The number of rotatable bonds is 0. The lowest BCUT2D eigenvalue weighted by Crippen LogP contribution is -2.35. The van der Waals surface area contributed by atoms with Gasteiger partial charge in [-0.05, 0) is 32.9 Å². The first-order chi connectivity index (χ1) is 6.88. The number of ketones is 1. The third kappa shape index (κ3) is 3.97. The van der Waals surface area contributed by atoms with Gasteiger partial charge in [-0.25, -0.2) is 4.79 Å². The molecule has 0 fully saturated rings. The molecule has 1 heterocycles. The van der Waals surface area contributed by atoms with E-state index in [2.05, 4.69) is 0 Å². The molecule has 15 heavy (non-hydrogen) atoms. The van der Waals surface area contributed by atoms with Gasteiger partial charge in [-0.2, -0.15) is 0 Å². The SMILES string of the molecule is CC(C)(C)OC(=O)N1C=CC=CC(=O)C1. The molecule has 1 aliphatic heterocycles. The molecule has 0 aliphatic carbocycles. The zero-order chi connectivity index (χ0) is 11.5. The third-order valence-electron chi connectivity index (χ3n) is 1.61. The van der Waals surface area contributed by atoms with Crippen molar-refractivity contribution in [2.45, 2.75) is 26.4 Å². The molecule has 0 aromatic rings. The van der Waals surface area contributed by atoms with Gasteiger partial charge in [0.25, 0.3) is 0 Å². The predicted molar refractivity (Wildman–Crippen MR) is 56.2 cm³/mol. The number of carbonyl (C=O) groups is 2. The maximum absolute atomic E-state index is 11.6. The Hall–Kier alpha value is -1.58. The Kier molecular flexibility index (Phi) is 3.29. The van der Waals surface area contributed by atoms with Crippen LogP contribution >= 0.6 is 0 Å². The van der Waals surface area contributed by atoms with Gasteiger partial charge in [0.05, 0.1) is 6.54 Å². The van der Waals surface area contributed by atoms with E-state index in [0.717, 1.165) is 0 Å². The average Bonchev–Trinajstić information content (AvgIpc) is 2.26. The van der Waals surface area contributed by atoms with Gasteiger partial charge in [-0.3, -0.25) is 9.69 Å². The topological polar surface area (TPSA) is 46.6 Å². The zero-order valence-electron chi connectivity index (χ0n) is 9.19. The highest BCUT2D eigenvalue weighted by molar-refractivity contribution is 5.94. The zero-order valence-corrected chi connectivity index (χ0v) is 9.19. The molecular formula is C11H15NO3. The van der Waals surface area contributed by atoms with E-state index in [9.17, 15) is 9.59 Å². The Bertz CT molecular complexity index is 323. The largest absolute Gasteiger partial charge is 0.443 e. The summed E-state index contributed by atoms with van der Waals surface area (Å²) in [4.78, 5) is 24.0. The van der Waals surface area contributed by atoms with E-state index in [1.807, 2.05) is 0 Å². The standard InChI is InChI=1S/C11H15NO3/c1-11(2,3)15-10(14)12-7-5-4-6-9(13)8-12/h4-7H,8H2,1-3H3. The first-order valence-electron chi connectivity index (χ1n) is 4.76. The summed E-state index contributed by atoms with van der Waals surface area (Å²) in [7, 11) is 0. The van der Waals surface area contributed by atoms with E-state index in [1.54, 1.807) is 32.9 Å². The van der Waals surface area contributed by atoms with Gasteiger partial charge in [0.15, 0.2) is 5.78 Å². The van der Waals surface area contributed by atoms with Gasteiger partial charge < -0.3 is 4.74 Å². The predicted octanol–water partition coefficient (Wildman–Crippen LogP) is 1.88. The Morgan fingerprint density at radius 3 is 2.67 bits per heavy atom. The fraction of sp³-hybridized carbons (Fsp3) is 0.455. The number of carbonyl (C=O) groups excluding carboxylic acids is 2. The summed E-state index contributed by atoms with van der Waals surface area (Å²) in [5, 5.41) is 0. The van der Waals surface area contributed by atoms with Crippen molar-refractivity contribution in [3.63, 3.8) is 0 Å². The molecule has 0 atom stereocenters. The van der Waals surface area contributed by atoms with Crippen molar-refractivity contribution in [3.05, 3.63) is 24.4 Å². The summed E-state index contributed by atoms with van der Waals surface area (Å²) in [6, 6.07) is 0. The molecule has 82 valence electrons. The van der Waals surface area contributed by atoms with Crippen LogP contribution in [0.4, 0.5) is 4.79 Å². The van der Waals surface area contributed by atoms with Gasteiger partial charge >= 0.3 is 6.09 Å². The van der Waals surface area contributed by atoms with Crippen LogP contribution in [0.2, 0.25) is 0 Å². The minimum atomic E-state index is -0.548. The minimum Gasteiger partial charge on any atom is -0.443 e. The number of hydrogen-bond donors (Lipinski definition) is 0. The highest BCUT2D eigenvalue weighted by Crippen LogP contribution is 2.11. The van der Waals surface area contributed by atoms with E-state index >= 15 is 0 Å². The monoisotopic (exact) mass is 209 g/mol. The molecule has 0 saturated heterocycles. The van der Waals surface area contributed by atoms with Crippen LogP contribution in [0.3, 0.4) is 0 Å². The summed E-state index contributed by atoms with van der Waals surface area (Å²) in [5.74, 6) is -0.120. The second-order valence-electron chi connectivity index (χ2n) is 4.28. The molecule has 4 nitrogen and oxygen atoms in total. The lowest BCUT2D eigenvalue weighted by molar-refractivity contribution is -0.115. The molecule has 0 saturated carbocycles. The smallest absolute Gasteiger partial charge is 0.414 e. The third-order valence-corrected chi connectivity index (χ3v) is 1.61. The molecule has 0 spiro atoms. The summed E-state index contributed by atoms with van der Waals surface area (Å²) in [6.07, 6.45) is 5.70. The fourth-order valence-electron chi connectivity index (χ4n) is 1.04. The van der Waals surface area contributed by atoms with Crippen LogP contribution in [-0.2, 0) is 9.53 Å². The number of ether oxygens (including phenoxy) is 1. The maximum Gasteiger partial charge on any atom is 0.414 e. The van der Waals surface area contributed by atoms with Crippen LogP contribution < -0.4 is 0 Å². The molecule has 1 rings (SSSR count). The van der Waals surface area contributed by atoms with Crippen molar-refractivity contribution < 1.29 is 14.3 Å². The molecule has 1 amide bonds. The van der Waals surface area contributed by atoms with E-state index in [1.165, 1.54) is 17.2 Å². The molecule has 4 heteroatoms. The Morgan fingerprint density at radius 1 is 1.40 bits per heavy atom. The lowest BCUT2D eigenvalue weighted by Gasteiger charge is -2.24. The molecule has 0 radical (unpaired) electrons. The van der Waals surface area contributed by atoms with Crippen molar-refractivity contribution in [1.82, 2.24) is 4.90 Å². The van der Waals surface area contributed by atoms with Gasteiger partial charge in [0, 0.05) is 6.20 Å². The van der Waals surface area contributed by atoms with Crippen LogP contribution in [0.15, 0.2) is 24.4 Å². The lowest BCUT2D eigenvalue weighted by atomic mass is 10.2. The molecular weight excluding hydrogens is 194 g/mol. The first kappa shape index (κ1) is 11.5. The minimum absolute atomic E-state index is 0.0297. The maximum atomic E-state index is 11.6. The highest BCUT2D eigenvalue weighted by atomic mass is 16.6. The van der Waals surface area contributed by atoms with Crippen LogP contribution in [0, 0.1) is 0 Å². The summed E-state index contributed by atoms with van der Waals surface area (Å²) in [5.41, 5.74) is -0.548. The van der Waals surface area contributed by atoms with Crippen molar-refractivity contribution in [3.8, 4) is 0 Å². The number of allylic oxidation sites excluding steroid dienone is 2. The molecule has 0 unspecified atom stereocenters. The summed E-state index contributed by atoms with van der Waals surface area (Å²) in [6.45, 7) is 5.38. The molecule has 0 N–H and O–H groups in total. The molecule has 0 bridgehead atoms. The van der Waals surface area contributed by atoms with Crippen LogP contribution in [0.5, 0.6) is 0 Å². The second kappa shape index (κ2) is 4.29. The normalized spacial score (nSPS) is 16.5. The Balaban J connectivity index is 2.64. The van der Waals surface area contributed by atoms with Gasteiger partial charge in [0.1, 0.15) is 5.60 Å². The average molecular weight is 209 g/mol. The summed E-state index contributed by atoms with van der Waals surface area (Å²) < 4.78 is 5.14. The van der Waals surface area contributed by atoms with Crippen molar-refractivity contribution in [1.29, 1.82) is 0 Å². The van der Waals surface area contributed by atoms with Crippen LogP contribution in [0.25, 0.3) is 0 Å². The molecule has 0 aromatic heterocycles. The molecule has 0 aromatic carbocycles. The quantitative estimate of drug-likeness (QED) is 0.612. The molecule has 1 aliphatic rings. The summed E-state index contributed by atoms with van der Waals surface area (Å²) >= 11 is 0.